The summed E-state index contributed by atoms with van der Waals surface area (Å²) in [4.78, 5) is 13.2. The fourth-order valence-corrected chi connectivity index (χ4v) is 3.76. The van der Waals surface area contributed by atoms with E-state index >= 15 is 0 Å². The minimum absolute atomic E-state index is 0.133. The zero-order chi connectivity index (χ0) is 23.5. The van der Waals surface area contributed by atoms with Crippen LogP contribution in [0.5, 0.6) is 5.75 Å². The Bertz CT molecular complexity index is 1380. The van der Waals surface area contributed by atoms with E-state index in [1.54, 1.807) is 24.3 Å². The normalized spacial score (nSPS) is 15.0. The molecule has 0 spiro atoms. The van der Waals surface area contributed by atoms with Gasteiger partial charge in [-0.2, -0.15) is 0 Å². The highest BCUT2D eigenvalue weighted by molar-refractivity contribution is 6.32. The van der Waals surface area contributed by atoms with Gasteiger partial charge in [-0.1, -0.05) is 23.7 Å². The van der Waals surface area contributed by atoms with E-state index in [1.807, 2.05) is 31.2 Å². The Hall–Kier alpha value is -3.91. The molecular weight excluding hydrogens is 457 g/mol. The highest BCUT2D eigenvalue weighted by Crippen LogP contribution is 2.31. The van der Waals surface area contributed by atoms with Gasteiger partial charge in [-0.15, -0.1) is 0 Å². The van der Waals surface area contributed by atoms with Crippen molar-refractivity contribution in [3.63, 3.8) is 0 Å². The van der Waals surface area contributed by atoms with Crippen molar-refractivity contribution in [1.82, 2.24) is 9.97 Å². The molecule has 0 saturated heterocycles. The van der Waals surface area contributed by atoms with Crippen LogP contribution in [0.3, 0.4) is 0 Å². The molecule has 1 aromatic heterocycles. The largest absolute Gasteiger partial charge is 0.487 e. The lowest BCUT2D eigenvalue weighted by Crippen LogP contribution is -2.11. The van der Waals surface area contributed by atoms with E-state index in [-0.39, 0.29) is 18.5 Å². The standard InChI is InChI=1S/C25H21ClFN5O2/c1-15-12-34-25(30-15)32-18-5-7-22-20(10-18)24(29-14-28-22)31-19-6-8-23(21(26)11-19)33-13-16-3-2-4-17(27)9-16/h2-11,14-15H,12-13H2,1H3,(H,30,32)(H,28,29,31)/t15-/m1/s1. The van der Waals surface area contributed by atoms with Crippen LogP contribution in [-0.2, 0) is 11.3 Å². The molecule has 2 heterocycles. The van der Waals surface area contributed by atoms with Gasteiger partial charge in [0.1, 0.15) is 36.9 Å². The van der Waals surface area contributed by atoms with Crippen LogP contribution >= 0.6 is 11.6 Å². The Morgan fingerprint density at radius 2 is 1.91 bits per heavy atom. The zero-order valence-corrected chi connectivity index (χ0v) is 19.0. The van der Waals surface area contributed by atoms with Crippen molar-refractivity contribution >= 4 is 45.7 Å². The van der Waals surface area contributed by atoms with Crippen molar-refractivity contribution in [1.29, 1.82) is 0 Å². The quantitative estimate of drug-likeness (QED) is 0.358. The summed E-state index contributed by atoms with van der Waals surface area (Å²) < 4.78 is 24.7. The van der Waals surface area contributed by atoms with Gasteiger partial charge in [-0.3, -0.25) is 0 Å². The number of amidine groups is 1. The number of aromatic nitrogens is 2. The van der Waals surface area contributed by atoms with Crippen LogP contribution in [-0.4, -0.2) is 28.6 Å². The van der Waals surface area contributed by atoms with Gasteiger partial charge in [0.05, 0.1) is 16.6 Å². The number of rotatable bonds is 6. The van der Waals surface area contributed by atoms with Crippen LogP contribution in [0.4, 0.5) is 21.6 Å². The summed E-state index contributed by atoms with van der Waals surface area (Å²) in [7, 11) is 0. The molecule has 0 fully saturated rings. The van der Waals surface area contributed by atoms with Gasteiger partial charge in [0.2, 0.25) is 0 Å². The minimum Gasteiger partial charge on any atom is -0.487 e. The van der Waals surface area contributed by atoms with Crippen molar-refractivity contribution in [2.24, 2.45) is 4.99 Å². The maximum absolute atomic E-state index is 13.4. The molecule has 5 rings (SSSR count). The second-order valence-electron chi connectivity index (χ2n) is 7.86. The van der Waals surface area contributed by atoms with Gasteiger partial charge in [-0.05, 0) is 61.0 Å². The molecule has 9 heteroatoms. The fraction of sp³-hybridized carbons (Fsp3) is 0.160. The number of hydrogen-bond acceptors (Lipinski definition) is 7. The minimum atomic E-state index is -0.305. The summed E-state index contributed by atoms with van der Waals surface area (Å²) in [5.74, 6) is 0.823. The second kappa shape index (κ2) is 9.52. The molecule has 4 aromatic rings. The lowest BCUT2D eigenvalue weighted by Gasteiger charge is -2.13. The molecule has 0 bridgehead atoms. The Kier molecular flexibility index (Phi) is 6.14. The number of anilines is 3. The second-order valence-corrected chi connectivity index (χ2v) is 8.27. The van der Waals surface area contributed by atoms with Crippen molar-refractivity contribution in [3.8, 4) is 5.75 Å². The number of hydrogen-bond donors (Lipinski definition) is 2. The van der Waals surface area contributed by atoms with E-state index in [4.69, 9.17) is 21.1 Å². The van der Waals surface area contributed by atoms with E-state index in [0.717, 1.165) is 27.8 Å². The molecule has 1 aliphatic rings. The smallest absolute Gasteiger partial charge is 0.289 e. The molecule has 0 unspecified atom stereocenters. The van der Waals surface area contributed by atoms with Crippen LogP contribution in [0.25, 0.3) is 10.9 Å². The Balaban J connectivity index is 1.33. The summed E-state index contributed by atoms with van der Waals surface area (Å²) in [6.45, 7) is 2.77. The van der Waals surface area contributed by atoms with Crippen LogP contribution < -0.4 is 15.4 Å². The van der Waals surface area contributed by atoms with Gasteiger partial charge >= 0.3 is 0 Å². The summed E-state index contributed by atoms with van der Waals surface area (Å²) >= 11 is 6.43. The highest BCUT2D eigenvalue weighted by Gasteiger charge is 2.15. The fourth-order valence-electron chi connectivity index (χ4n) is 3.52. The number of halogens is 2. The van der Waals surface area contributed by atoms with Gasteiger partial charge < -0.3 is 20.1 Å². The molecule has 0 radical (unpaired) electrons. The Labute approximate surface area is 200 Å². The van der Waals surface area contributed by atoms with Crippen LogP contribution in [0.1, 0.15) is 12.5 Å². The molecular formula is C25H21ClFN5O2. The third kappa shape index (κ3) is 5.02. The van der Waals surface area contributed by atoms with E-state index < -0.39 is 0 Å². The molecule has 34 heavy (non-hydrogen) atoms. The van der Waals surface area contributed by atoms with Gasteiger partial charge in [-0.25, -0.2) is 19.4 Å². The van der Waals surface area contributed by atoms with E-state index in [1.165, 1.54) is 18.5 Å². The lowest BCUT2D eigenvalue weighted by molar-refractivity contribution is 0.306. The van der Waals surface area contributed by atoms with E-state index in [9.17, 15) is 4.39 Å². The Morgan fingerprint density at radius 3 is 2.71 bits per heavy atom. The van der Waals surface area contributed by atoms with Crippen LogP contribution in [0, 0.1) is 5.82 Å². The first-order valence-corrected chi connectivity index (χ1v) is 11.1. The molecule has 2 N–H and O–H groups in total. The van der Waals surface area contributed by atoms with Crippen LogP contribution in [0.2, 0.25) is 5.02 Å². The average molecular weight is 478 g/mol. The number of fused-ring (bicyclic) bond motifs is 1. The first-order chi connectivity index (χ1) is 16.5. The first-order valence-electron chi connectivity index (χ1n) is 10.7. The molecule has 1 atom stereocenters. The molecule has 7 nitrogen and oxygen atoms in total. The molecule has 172 valence electrons. The van der Waals surface area contributed by atoms with Gasteiger partial charge in [0.15, 0.2) is 0 Å². The Morgan fingerprint density at radius 1 is 1.06 bits per heavy atom. The third-order valence-corrected chi connectivity index (χ3v) is 5.46. The average Bonchev–Trinajstić information content (AvgIpc) is 3.23. The number of ether oxygens (including phenoxy) is 2. The van der Waals surface area contributed by atoms with Crippen molar-refractivity contribution in [2.75, 3.05) is 17.2 Å². The molecule has 0 aliphatic carbocycles. The summed E-state index contributed by atoms with van der Waals surface area (Å²) in [5, 5.41) is 7.72. The van der Waals surface area contributed by atoms with E-state index in [2.05, 4.69) is 25.6 Å². The monoisotopic (exact) mass is 477 g/mol. The van der Waals surface area contributed by atoms with Crippen molar-refractivity contribution in [3.05, 3.63) is 83.4 Å². The summed E-state index contributed by atoms with van der Waals surface area (Å²) in [5.41, 5.74) is 3.06. The van der Waals surface area contributed by atoms with Gasteiger partial charge in [0.25, 0.3) is 6.02 Å². The SMILES string of the molecule is C[C@@H]1COC(Nc2ccc3ncnc(Nc4ccc(OCc5cccc(F)c5)c(Cl)c4)c3c2)=N1. The molecule has 0 amide bonds. The molecule has 0 saturated carbocycles. The maximum Gasteiger partial charge on any atom is 0.289 e. The summed E-state index contributed by atoms with van der Waals surface area (Å²) in [6, 6.07) is 18.0. The number of benzene rings is 3. The lowest BCUT2D eigenvalue weighted by atomic mass is 10.2. The van der Waals surface area contributed by atoms with Crippen molar-refractivity contribution < 1.29 is 13.9 Å². The summed E-state index contributed by atoms with van der Waals surface area (Å²) in [6.07, 6.45) is 1.50. The number of aliphatic imine (C=N–C) groups is 1. The molecule has 3 aromatic carbocycles. The van der Waals surface area contributed by atoms with E-state index in [0.29, 0.717) is 29.2 Å². The first kappa shape index (κ1) is 21.9. The number of nitrogens with zero attached hydrogens (tertiary/aromatic N) is 3. The predicted molar refractivity (Wildman–Crippen MR) is 131 cm³/mol. The third-order valence-electron chi connectivity index (χ3n) is 5.16. The number of nitrogens with one attached hydrogen (secondary N) is 2. The van der Waals surface area contributed by atoms with Gasteiger partial charge in [0, 0.05) is 16.8 Å². The van der Waals surface area contributed by atoms with Crippen LogP contribution in [0.15, 0.2) is 72.0 Å². The molecule has 1 aliphatic heterocycles. The van der Waals surface area contributed by atoms with Crippen molar-refractivity contribution in [2.45, 2.75) is 19.6 Å². The topological polar surface area (TPSA) is 80.7 Å². The maximum atomic E-state index is 13.4. The predicted octanol–water partition coefficient (Wildman–Crippen LogP) is 5.93. The highest BCUT2D eigenvalue weighted by atomic mass is 35.5. The zero-order valence-electron chi connectivity index (χ0n) is 18.3.